The summed E-state index contributed by atoms with van der Waals surface area (Å²) < 4.78 is 1.74. The minimum atomic E-state index is -0.0618. The summed E-state index contributed by atoms with van der Waals surface area (Å²) in [7, 11) is 0. The van der Waals surface area contributed by atoms with Crippen LogP contribution in [0, 0.1) is 12.8 Å². The van der Waals surface area contributed by atoms with Gasteiger partial charge in [0.1, 0.15) is 11.6 Å². The molecule has 28 heavy (non-hydrogen) atoms. The first-order chi connectivity index (χ1) is 13.6. The minimum absolute atomic E-state index is 0.0618. The molecule has 1 saturated heterocycles. The molecule has 0 spiro atoms. The van der Waals surface area contributed by atoms with E-state index in [9.17, 15) is 4.79 Å². The Kier molecular flexibility index (Phi) is 3.89. The van der Waals surface area contributed by atoms with Gasteiger partial charge in [-0.15, -0.1) is 0 Å². The average Bonchev–Trinajstić information content (AvgIpc) is 3.39. The minimum Gasteiger partial charge on any atom is -0.356 e. The van der Waals surface area contributed by atoms with Crippen molar-refractivity contribution in [3.05, 3.63) is 59.7 Å². The van der Waals surface area contributed by atoms with Crippen molar-refractivity contribution in [2.75, 3.05) is 22.9 Å². The second-order valence-electron chi connectivity index (χ2n) is 7.73. The Balaban J connectivity index is 1.36. The van der Waals surface area contributed by atoms with Gasteiger partial charge in [-0.25, -0.2) is 14.6 Å². The molecule has 1 atom stereocenters. The Hall–Kier alpha value is -3.22. The van der Waals surface area contributed by atoms with Crippen molar-refractivity contribution < 1.29 is 4.79 Å². The number of aryl methyl sites for hydroxylation is 1. The molecule has 7 nitrogen and oxygen atoms in total. The van der Waals surface area contributed by atoms with Crippen LogP contribution in [0.4, 0.5) is 11.6 Å². The normalized spacial score (nSPS) is 18.8. The van der Waals surface area contributed by atoms with Gasteiger partial charge in [0.25, 0.3) is 5.91 Å². The lowest BCUT2D eigenvalue weighted by Crippen LogP contribution is -2.24. The topological polar surface area (TPSA) is 67.2 Å². The van der Waals surface area contributed by atoms with Gasteiger partial charge < -0.3 is 4.90 Å². The van der Waals surface area contributed by atoms with Gasteiger partial charge in [0.2, 0.25) is 0 Å². The fourth-order valence-electron chi connectivity index (χ4n) is 3.85. The molecule has 2 aliphatic rings. The van der Waals surface area contributed by atoms with Crippen LogP contribution in [0.3, 0.4) is 0 Å². The van der Waals surface area contributed by atoms with Crippen LogP contribution in [0.5, 0.6) is 0 Å². The molecule has 5 rings (SSSR count). The molecule has 0 bridgehead atoms. The van der Waals surface area contributed by atoms with Crippen molar-refractivity contribution in [2.24, 2.45) is 5.92 Å². The molecule has 0 radical (unpaired) electrons. The van der Waals surface area contributed by atoms with Crippen LogP contribution in [0.15, 0.2) is 42.9 Å². The molecule has 0 aliphatic carbocycles. The highest BCUT2D eigenvalue weighted by Crippen LogP contribution is 2.28. The molecule has 7 heteroatoms. The highest BCUT2D eigenvalue weighted by atomic mass is 16.2. The molecule has 142 valence electrons. The third-order valence-electron chi connectivity index (χ3n) is 5.49. The van der Waals surface area contributed by atoms with Crippen LogP contribution in [0.25, 0.3) is 5.69 Å². The number of nitrogens with zero attached hydrogens (tertiary/aromatic N) is 6. The van der Waals surface area contributed by atoms with Crippen LogP contribution >= 0.6 is 0 Å². The highest BCUT2D eigenvalue weighted by Gasteiger charge is 2.32. The molecular weight excluding hydrogens is 352 g/mol. The summed E-state index contributed by atoms with van der Waals surface area (Å²) in [5.74, 6) is 2.31. The predicted molar refractivity (Wildman–Crippen MR) is 107 cm³/mol. The summed E-state index contributed by atoms with van der Waals surface area (Å²) in [5, 5.41) is 4.62. The van der Waals surface area contributed by atoms with Crippen molar-refractivity contribution >= 4 is 17.5 Å². The Morgan fingerprint density at radius 1 is 1.07 bits per heavy atom. The first kappa shape index (κ1) is 16.9. The molecule has 0 aromatic carbocycles. The lowest BCUT2D eigenvalue weighted by atomic mass is 10.2. The van der Waals surface area contributed by atoms with E-state index in [0.717, 1.165) is 35.9 Å². The third kappa shape index (κ3) is 2.83. The van der Waals surface area contributed by atoms with E-state index in [-0.39, 0.29) is 5.91 Å². The molecule has 2 aliphatic heterocycles. The van der Waals surface area contributed by atoms with E-state index >= 15 is 0 Å². The quantitative estimate of drug-likeness (QED) is 0.705. The van der Waals surface area contributed by atoms with Crippen LogP contribution in [0.2, 0.25) is 0 Å². The van der Waals surface area contributed by atoms with Gasteiger partial charge in [-0.05, 0) is 43.0 Å². The zero-order valence-electron chi connectivity index (χ0n) is 16.0. The number of amides is 1. The Morgan fingerprint density at radius 2 is 1.89 bits per heavy atom. The Labute approximate surface area is 163 Å². The second kappa shape index (κ2) is 6.44. The van der Waals surface area contributed by atoms with E-state index in [1.165, 1.54) is 6.42 Å². The van der Waals surface area contributed by atoms with Gasteiger partial charge in [-0.2, -0.15) is 5.10 Å². The smallest absolute Gasteiger partial charge is 0.263 e. The van der Waals surface area contributed by atoms with Crippen LogP contribution in [-0.4, -0.2) is 38.7 Å². The maximum absolute atomic E-state index is 12.8. The molecule has 3 aromatic rings. The second-order valence-corrected chi connectivity index (χ2v) is 7.73. The number of anilines is 2. The summed E-state index contributed by atoms with van der Waals surface area (Å²) in [5.41, 5.74) is 3.32. The fraction of sp³-hybridized carbons (Fsp3) is 0.333. The van der Waals surface area contributed by atoms with Gasteiger partial charge in [0, 0.05) is 25.5 Å². The number of carbonyl (C=O) groups excluding carboxylic acids is 1. The van der Waals surface area contributed by atoms with Gasteiger partial charge >= 0.3 is 0 Å². The molecule has 0 N–H and O–H groups in total. The van der Waals surface area contributed by atoms with Crippen molar-refractivity contribution in [1.29, 1.82) is 0 Å². The van der Waals surface area contributed by atoms with Crippen molar-refractivity contribution in [3.8, 4) is 5.69 Å². The molecule has 3 aromatic heterocycles. The average molecular weight is 374 g/mol. The van der Waals surface area contributed by atoms with Crippen LogP contribution < -0.4 is 9.80 Å². The maximum atomic E-state index is 12.8. The highest BCUT2D eigenvalue weighted by molar-refractivity contribution is 6.09. The number of carbonyl (C=O) groups is 1. The van der Waals surface area contributed by atoms with E-state index in [4.69, 9.17) is 0 Å². The largest absolute Gasteiger partial charge is 0.356 e. The van der Waals surface area contributed by atoms with Crippen LogP contribution in [0.1, 0.15) is 35.0 Å². The Bertz CT molecular complexity index is 1020. The van der Waals surface area contributed by atoms with Crippen molar-refractivity contribution in [3.63, 3.8) is 0 Å². The molecule has 1 fully saturated rings. The maximum Gasteiger partial charge on any atom is 0.263 e. The lowest BCUT2D eigenvalue weighted by Gasteiger charge is -2.17. The van der Waals surface area contributed by atoms with Crippen molar-refractivity contribution in [2.45, 2.75) is 26.8 Å². The number of aromatic nitrogens is 4. The number of fused-ring (bicyclic) bond motifs is 1. The van der Waals surface area contributed by atoms with Crippen LogP contribution in [-0.2, 0) is 6.54 Å². The summed E-state index contributed by atoms with van der Waals surface area (Å²) in [4.78, 5) is 25.7. The van der Waals surface area contributed by atoms with E-state index in [2.05, 4.69) is 26.9 Å². The lowest BCUT2D eigenvalue weighted by molar-refractivity contribution is 0.0995. The molecular formula is C21H22N6O. The van der Waals surface area contributed by atoms with Crippen molar-refractivity contribution in [1.82, 2.24) is 19.7 Å². The molecule has 0 saturated carbocycles. The van der Waals surface area contributed by atoms with Gasteiger partial charge in [0.15, 0.2) is 0 Å². The standard InChI is InChI=1S/C21H22N6O/c1-14-3-5-20(22-9-14)26-13-18-17(21(26)28)12-27(24-18)16-4-6-19(23-10-16)25-8-7-15(2)11-25/h3-6,9-10,12,15H,7-8,11,13H2,1-2H3/t15-/m0/s1. The molecule has 5 heterocycles. The number of hydrogen-bond acceptors (Lipinski definition) is 5. The first-order valence-electron chi connectivity index (χ1n) is 9.63. The van der Waals surface area contributed by atoms with E-state index in [1.54, 1.807) is 22.0 Å². The summed E-state index contributed by atoms with van der Waals surface area (Å²) in [6.07, 6.45) is 6.60. The summed E-state index contributed by atoms with van der Waals surface area (Å²) in [6.45, 7) is 6.80. The van der Waals surface area contributed by atoms with Gasteiger partial charge in [0.05, 0.1) is 29.7 Å². The molecule has 1 amide bonds. The number of rotatable bonds is 3. The van der Waals surface area contributed by atoms with E-state index in [0.29, 0.717) is 23.8 Å². The summed E-state index contributed by atoms with van der Waals surface area (Å²) in [6, 6.07) is 7.87. The fourth-order valence-corrected chi connectivity index (χ4v) is 3.85. The van der Waals surface area contributed by atoms with E-state index < -0.39 is 0 Å². The Morgan fingerprint density at radius 3 is 2.54 bits per heavy atom. The van der Waals surface area contributed by atoms with E-state index in [1.807, 2.05) is 37.4 Å². The summed E-state index contributed by atoms with van der Waals surface area (Å²) >= 11 is 0. The van der Waals surface area contributed by atoms with Gasteiger partial charge in [-0.1, -0.05) is 13.0 Å². The zero-order valence-corrected chi connectivity index (χ0v) is 16.0. The third-order valence-corrected chi connectivity index (χ3v) is 5.49. The predicted octanol–water partition coefficient (Wildman–Crippen LogP) is 2.98. The molecule has 0 unspecified atom stereocenters. The SMILES string of the molecule is Cc1ccc(N2Cc3nn(-c4ccc(N5CC[C@H](C)C5)nc4)cc3C2=O)nc1. The number of pyridine rings is 2. The monoisotopic (exact) mass is 374 g/mol. The zero-order chi connectivity index (χ0) is 19.3. The first-order valence-corrected chi connectivity index (χ1v) is 9.63. The van der Waals surface area contributed by atoms with Gasteiger partial charge in [-0.3, -0.25) is 9.69 Å². The number of hydrogen-bond donors (Lipinski definition) is 0.